The van der Waals surface area contributed by atoms with Gasteiger partial charge in [-0.2, -0.15) is 0 Å². The molecule has 0 atom stereocenters. The van der Waals surface area contributed by atoms with E-state index >= 15 is 0 Å². The number of hydrogen-bond donors (Lipinski definition) is 2. The molecule has 5 nitrogen and oxygen atoms in total. The van der Waals surface area contributed by atoms with Crippen molar-refractivity contribution >= 4 is 40.6 Å². The van der Waals surface area contributed by atoms with Crippen LogP contribution in [0, 0.1) is 19.7 Å². The van der Waals surface area contributed by atoms with E-state index in [1.165, 1.54) is 13.0 Å². The van der Waals surface area contributed by atoms with Crippen molar-refractivity contribution in [3.05, 3.63) is 75.5 Å². The number of aromatic nitrogens is 1. The molecule has 0 unspecified atom stereocenters. The second-order valence-electron chi connectivity index (χ2n) is 6.19. The fourth-order valence-electron chi connectivity index (χ4n) is 2.44. The second-order valence-corrected chi connectivity index (χ2v) is 8.27. The molecule has 0 spiro atoms. The molecule has 144 valence electrons. The summed E-state index contributed by atoms with van der Waals surface area (Å²) in [6, 6.07) is 9.60. The highest BCUT2D eigenvalue weighted by Crippen LogP contribution is 2.26. The third kappa shape index (κ3) is 4.76. The van der Waals surface area contributed by atoms with E-state index in [0.717, 1.165) is 27.4 Å². The molecule has 3 aromatic rings. The summed E-state index contributed by atoms with van der Waals surface area (Å²) in [4.78, 5) is 28.2. The Morgan fingerprint density at radius 2 is 1.89 bits per heavy atom. The van der Waals surface area contributed by atoms with E-state index in [9.17, 15) is 14.0 Å². The van der Waals surface area contributed by atoms with Gasteiger partial charge in [-0.25, -0.2) is 9.37 Å². The Morgan fingerprint density at radius 3 is 2.50 bits per heavy atom. The maximum absolute atomic E-state index is 14.0. The number of primary amides is 1. The number of rotatable bonds is 6. The normalized spacial score (nSPS) is 10.7. The van der Waals surface area contributed by atoms with Gasteiger partial charge >= 0.3 is 0 Å². The lowest BCUT2D eigenvalue weighted by Crippen LogP contribution is -2.16. The minimum atomic E-state index is -0.758. The van der Waals surface area contributed by atoms with Crippen molar-refractivity contribution < 1.29 is 14.0 Å². The van der Waals surface area contributed by atoms with Crippen LogP contribution in [-0.2, 0) is 5.75 Å². The number of hydrogen-bond acceptors (Lipinski definition) is 5. The van der Waals surface area contributed by atoms with Crippen molar-refractivity contribution in [3.8, 4) is 0 Å². The van der Waals surface area contributed by atoms with Crippen LogP contribution in [0.1, 0.15) is 37.5 Å². The highest BCUT2D eigenvalue weighted by molar-refractivity contribution is 8.00. The van der Waals surface area contributed by atoms with Crippen LogP contribution in [0.15, 0.2) is 46.1 Å². The van der Waals surface area contributed by atoms with Crippen LogP contribution in [0.25, 0.3) is 0 Å². The minimum Gasteiger partial charge on any atom is -0.366 e. The molecular formula is C20H18FN3O2S2. The largest absolute Gasteiger partial charge is 0.366 e. The van der Waals surface area contributed by atoms with Crippen molar-refractivity contribution in [1.29, 1.82) is 0 Å². The van der Waals surface area contributed by atoms with Crippen LogP contribution < -0.4 is 11.1 Å². The topological polar surface area (TPSA) is 85.1 Å². The molecule has 2 amide bonds. The van der Waals surface area contributed by atoms with Gasteiger partial charge in [0.2, 0.25) is 5.91 Å². The molecular weight excluding hydrogens is 397 g/mol. The zero-order valence-corrected chi connectivity index (χ0v) is 16.9. The number of thiazole rings is 1. The van der Waals surface area contributed by atoms with Gasteiger partial charge in [-0.1, -0.05) is 23.9 Å². The SMILES string of the molecule is Cc1csc(SCc2ccc(C(=O)Nc3cc(C(N)=O)cc(F)c3C)cc2)n1. The first kappa shape index (κ1) is 20.0. The summed E-state index contributed by atoms with van der Waals surface area (Å²) in [5, 5.41) is 4.65. The van der Waals surface area contributed by atoms with Gasteiger partial charge in [-0.05, 0) is 43.7 Å². The predicted octanol–water partition coefficient (Wildman–Crippen LogP) is 4.54. The molecule has 0 aliphatic rings. The van der Waals surface area contributed by atoms with E-state index in [1.54, 1.807) is 35.2 Å². The highest BCUT2D eigenvalue weighted by atomic mass is 32.2. The Labute approximate surface area is 170 Å². The summed E-state index contributed by atoms with van der Waals surface area (Å²) in [5.74, 6) is -0.998. The molecule has 0 radical (unpaired) electrons. The number of amides is 2. The quantitative estimate of drug-likeness (QED) is 0.579. The fraction of sp³-hybridized carbons (Fsp3) is 0.150. The number of benzene rings is 2. The van der Waals surface area contributed by atoms with Crippen LogP contribution in [0.4, 0.5) is 10.1 Å². The maximum Gasteiger partial charge on any atom is 0.255 e. The van der Waals surface area contributed by atoms with E-state index in [-0.39, 0.29) is 22.7 Å². The number of nitrogens with zero attached hydrogens (tertiary/aromatic N) is 1. The van der Waals surface area contributed by atoms with Gasteiger partial charge < -0.3 is 11.1 Å². The Hall–Kier alpha value is -2.71. The molecule has 0 saturated carbocycles. The molecule has 1 aromatic heterocycles. The molecule has 3 rings (SSSR count). The number of halogens is 1. The summed E-state index contributed by atoms with van der Waals surface area (Å²) in [7, 11) is 0. The third-order valence-corrected chi connectivity index (χ3v) is 6.26. The zero-order chi connectivity index (χ0) is 20.3. The van der Waals surface area contributed by atoms with Crippen molar-refractivity contribution in [2.75, 3.05) is 5.32 Å². The first-order valence-corrected chi connectivity index (χ1v) is 10.2. The van der Waals surface area contributed by atoms with Crippen molar-refractivity contribution in [3.63, 3.8) is 0 Å². The number of nitrogens with one attached hydrogen (secondary N) is 1. The van der Waals surface area contributed by atoms with Crippen LogP contribution in [0.5, 0.6) is 0 Å². The molecule has 0 bridgehead atoms. The Kier molecular flexibility index (Phi) is 6.11. The standard InChI is InChI=1S/C20H18FN3O2S2/c1-11-9-27-20(23-11)28-10-13-3-5-14(6-4-13)19(26)24-17-8-15(18(22)25)7-16(21)12(17)2/h3-9H,10H2,1-2H3,(H2,22,25)(H,24,26). The van der Waals surface area contributed by atoms with Gasteiger partial charge in [0, 0.05) is 39.2 Å². The maximum atomic E-state index is 14.0. The molecule has 1 heterocycles. The number of anilines is 1. The van der Waals surface area contributed by atoms with Gasteiger partial charge in [0.05, 0.1) is 0 Å². The number of nitrogens with two attached hydrogens (primary N) is 1. The molecule has 0 aliphatic heterocycles. The Balaban J connectivity index is 1.69. The zero-order valence-electron chi connectivity index (χ0n) is 15.3. The summed E-state index contributed by atoms with van der Waals surface area (Å²) >= 11 is 3.25. The smallest absolute Gasteiger partial charge is 0.255 e. The average Bonchev–Trinajstić information content (AvgIpc) is 3.09. The summed E-state index contributed by atoms with van der Waals surface area (Å²) < 4.78 is 15.0. The van der Waals surface area contributed by atoms with Crippen LogP contribution >= 0.6 is 23.1 Å². The lowest BCUT2D eigenvalue weighted by molar-refractivity contribution is 0.0995. The minimum absolute atomic E-state index is 0.00296. The van der Waals surface area contributed by atoms with Crippen LogP contribution in [0.2, 0.25) is 0 Å². The fourth-order valence-corrected chi connectivity index (χ4v) is 4.25. The number of thioether (sulfide) groups is 1. The molecule has 28 heavy (non-hydrogen) atoms. The van der Waals surface area contributed by atoms with Gasteiger partial charge in [0.25, 0.3) is 5.91 Å². The van der Waals surface area contributed by atoms with Crippen molar-refractivity contribution in [1.82, 2.24) is 4.98 Å². The summed E-state index contributed by atoms with van der Waals surface area (Å²) in [6.45, 7) is 3.48. The highest BCUT2D eigenvalue weighted by Gasteiger charge is 2.14. The lowest BCUT2D eigenvalue weighted by atomic mass is 10.1. The lowest BCUT2D eigenvalue weighted by Gasteiger charge is -2.11. The van der Waals surface area contributed by atoms with Crippen molar-refractivity contribution in [2.45, 2.75) is 23.9 Å². The Morgan fingerprint density at radius 1 is 1.18 bits per heavy atom. The van der Waals surface area contributed by atoms with Gasteiger partial charge in [0.15, 0.2) is 0 Å². The van der Waals surface area contributed by atoms with Crippen LogP contribution in [-0.4, -0.2) is 16.8 Å². The first-order chi connectivity index (χ1) is 13.3. The number of aryl methyl sites for hydroxylation is 1. The van der Waals surface area contributed by atoms with Crippen molar-refractivity contribution in [2.24, 2.45) is 5.73 Å². The molecule has 0 fully saturated rings. The molecule has 0 aliphatic carbocycles. The monoisotopic (exact) mass is 415 g/mol. The first-order valence-electron chi connectivity index (χ1n) is 8.38. The van der Waals surface area contributed by atoms with Gasteiger partial charge in [-0.3, -0.25) is 9.59 Å². The summed E-state index contributed by atoms with van der Waals surface area (Å²) in [5.41, 5.74) is 8.17. The van der Waals surface area contributed by atoms with E-state index in [4.69, 9.17) is 5.73 Å². The molecule has 0 saturated heterocycles. The Bertz CT molecular complexity index is 1030. The average molecular weight is 416 g/mol. The predicted molar refractivity (Wildman–Crippen MR) is 110 cm³/mol. The van der Waals surface area contributed by atoms with Crippen LogP contribution in [0.3, 0.4) is 0 Å². The molecule has 8 heteroatoms. The van der Waals surface area contributed by atoms with E-state index in [2.05, 4.69) is 10.3 Å². The molecule has 3 N–H and O–H groups in total. The second kappa shape index (κ2) is 8.53. The van der Waals surface area contributed by atoms with E-state index in [1.807, 2.05) is 24.4 Å². The number of carbonyl (C=O) groups is 2. The van der Waals surface area contributed by atoms with E-state index in [0.29, 0.717) is 5.56 Å². The van der Waals surface area contributed by atoms with Gasteiger partial charge in [0.1, 0.15) is 10.2 Å². The third-order valence-electron chi connectivity index (χ3n) is 4.05. The molecule has 2 aromatic carbocycles. The number of carbonyl (C=O) groups excluding carboxylic acids is 2. The van der Waals surface area contributed by atoms with E-state index < -0.39 is 11.7 Å². The van der Waals surface area contributed by atoms with Gasteiger partial charge in [-0.15, -0.1) is 11.3 Å². The summed E-state index contributed by atoms with van der Waals surface area (Å²) in [6.07, 6.45) is 0.